The van der Waals surface area contributed by atoms with Gasteiger partial charge in [-0.2, -0.15) is 0 Å². The van der Waals surface area contributed by atoms with Crippen LogP contribution in [0.15, 0.2) is 0 Å². The van der Waals surface area contributed by atoms with Gasteiger partial charge in [-0.25, -0.2) is 0 Å². The van der Waals surface area contributed by atoms with E-state index in [0.29, 0.717) is 6.41 Å². The Morgan fingerprint density at radius 1 is 1.73 bits per heavy atom. The molecule has 1 atom stereocenters. The molecule has 1 aliphatic rings. The van der Waals surface area contributed by atoms with Crippen LogP contribution in [0.2, 0.25) is 0 Å². The second-order valence-electron chi connectivity index (χ2n) is 2.90. The second-order valence-corrected chi connectivity index (χ2v) is 2.90. The Morgan fingerprint density at radius 2 is 2.36 bits per heavy atom. The third-order valence-corrected chi connectivity index (χ3v) is 1.60. The van der Waals surface area contributed by atoms with Crippen molar-refractivity contribution in [2.45, 2.75) is 20.1 Å². The van der Waals surface area contributed by atoms with Crippen LogP contribution >= 0.6 is 0 Å². The molecule has 0 N–H and O–H groups in total. The predicted octanol–water partition coefficient (Wildman–Crippen LogP) is -0.0163. The van der Waals surface area contributed by atoms with Gasteiger partial charge in [-0.3, -0.25) is 14.5 Å². The Bertz CT molecular complexity index is 179. The average Bonchev–Trinajstić information content (AvgIpc) is 2.30. The lowest BCUT2D eigenvalue weighted by Gasteiger charge is -2.19. The molecule has 0 saturated carbocycles. The molecule has 0 bridgehead atoms. The molecular weight excluding hydrogens is 146 g/mol. The van der Waals surface area contributed by atoms with Crippen LogP contribution < -0.4 is 0 Å². The van der Waals surface area contributed by atoms with E-state index in [4.69, 9.17) is 4.74 Å². The molecule has 0 aromatic rings. The van der Waals surface area contributed by atoms with Gasteiger partial charge in [0.05, 0.1) is 0 Å². The van der Waals surface area contributed by atoms with E-state index in [2.05, 4.69) is 0 Å². The van der Waals surface area contributed by atoms with Gasteiger partial charge in [0.15, 0.2) is 6.23 Å². The second kappa shape index (κ2) is 2.90. The summed E-state index contributed by atoms with van der Waals surface area (Å²) < 4.78 is 4.88. The highest BCUT2D eigenvalue weighted by Gasteiger charge is 2.32. The molecule has 0 aromatic heterocycles. The lowest BCUT2D eigenvalue weighted by atomic mass is 10.2. The van der Waals surface area contributed by atoms with Gasteiger partial charge < -0.3 is 4.74 Å². The molecule has 4 nitrogen and oxygen atoms in total. The van der Waals surface area contributed by atoms with Crippen LogP contribution in [-0.4, -0.2) is 30.1 Å². The topological polar surface area (TPSA) is 46.6 Å². The van der Waals surface area contributed by atoms with Crippen LogP contribution in [0.3, 0.4) is 0 Å². The molecule has 0 spiro atoms. The van der Waals surface area contributed by atoms with E-state index in [0.717, 1.165) is 0 Å². The van der Waals surface area contributed by atoms with E-state index in [1.165, 1.54) is 4.90 Å². The summed E-state index contributed by atoms with van der Waals surface area (Å²) in [5, 5.41) is 0. The zero-order chi connectivity index (χ0) is 8.43. The summed E-state index contributed by atoms with van der Waals surface area (Å²) in [5.74, 6) is -0.164. The van der Waals surface area contributed by atoms with Crippen molar-refractivity contribution in [3.8, 4) is 0 Å². The third-order valence-electron chi connectivity index (χ3n) is 1.60. The molecule has 4 heteroatoms. The maximum Gasteiger partial charge on any atom is 0.327 e. The predicted molar refractivity (Wildman–Crippen MR) is 37.5 cm³/mol. The van der Waals surface area contributed by atoms with E-state index in [1.807, 2.05) is 13.8 Å². The van der Waals surface area contributed by atoms with E-state index in [1.54, 1.807) is 0 Å². The highest BCUT2D eigenvalue weighted by atomic mass is 16.6. The monoisotopic (exact) mass is 157 g/mol. The first kappa shape index (κ1) is 8.04. The molecule has 0 aliphatic carbocycles. The quantitative estimate of drug-likeness (QED) is 0.418. The van der Waals surface area contributed by atoms with Crippen molar-refractivity contribution in [2.75, 3.05) is 6.54 Å². The fourth-order valence-electron chi connectivity index (χ4n) is 1.09. The Kier molecular flexibility index (Phi) is 2.12. The third kappa shape index (κ3) is 1.50. The molecule has 1 amide bonds. The molecule has 62 valence electrons. The highest BCUT2D eigenvalue weighted by molar-refractivity contribution is 5.77. The number of carbonyl (C=O) groups excluding carboxylic acids is 2. The normalized spacial score (nSPS) is 24.1. The van der Waals surface area contributed by atoms with Crippen LogP contribution in [0.1, 0.15) is 13.8 Å². The number of rotatable bonds is 2. The summed E-state index contributed by atoms with van der Waals surface area (Å²) in [7, 11) is 0. The van der Waals surface area contributed by atoms with E-state index >= 15 is 0 Å². The number of cyclic esters (lactones) is 1. The minimum absolute atomic E-state index is 0.0896. The Balaban J connectivity index is 2.64. The van der Waals surface area contributed by atoms with Gasteiger partial charge in [0.2, 0.25) is 6.41 Å². The lowest BCUT2D eigenvalue weighted by Crippen LogP contribution is -2.32. The number of hydrogen-bond donors (Lipinski definition) is 0. The first-order valence-corrected chi connectivity index (χ1v) is 3.55. The number of esters is 1. The van der Waals surface area contributed by atoms with Crippen molar-refractivity contribution in [3.05, 3.63) is 0 Å². The first-order valence-electron chi connectivity index (χ1n) is 3.55. The molecule has 1 saturated heterocycles. The van der Waals surface area contributed by atoms with Crippen molar-refractivity contribution < 1.29 is 14.3 Å². The Labute approximate surface area is 65.1 Å². The average molecular weight is 157 g/mol. The largest absolute Gasteiger partial charge is 0.440 e. The summed E-state index contributed by atoms with van der Waals surface area (Å²) in [6.45, 7) is 3.89. The molecular formula is C7H11NO3. The van der Waals surface area contributed by atoms with E-state index in [-0.39, 0.29) is 24.7 Å². The van der Waals surface area contributed by atoms with Gasteiger partial charge in [-0.15, -0.1) is 0 Å². The highest BCUT2D eigenvalue weighted by Crippen LogP contribution is 2.16. The van der Waals surface area contributed by atoms with Crippen molar-refractivity contribution in [1.82, 2.24) is 4.90 Å². The number of nitrogens with zero attached hydrogens (tertiary/aromatic N) is 1. The number of amides is 1. The van der Waals surface area contributed by atoms with Gasteiger partial charge >= 0.3 is 5.97 Å². The van der Waals surface area contributed by atoms with Crippen LogP contribution in [-0.2, 0) is 14.3 Å². The van der Waals surface area contributed by atoms with E-state index < -0.39 is 0 Å². The molecule has 0 radical (unpaired) electrons. The summed E-state index contributed by atoms with van der Waals surface area (Å²) in [4.78, 5) is 22.4. The Hall–Kier alpha value is -1.06. The van der Waals surface area contributed by atoms with Gasteiger partial charge in [-0.05, 0) is 0 Å². The van der Waals surface area contributed by atoms with Crippen molar-refractivity contribution >= 4 is 12.4 Å². The first-order chi connectivity index (χ1) is 5.15. The zero-order valence-corrected chi connectivity index (χ0v) is 6.61. The minimum atomic E-state index is -0.361. The van der Waals surface area contributed by atoms with Crippen molar-refractivity contribution in [3.63, 3.8) is 0 Å². The molecule has 1 heterocycles. The van der Waals surface area contributed by atoms with Gasteiger partial charge in [-0.1, -0.05) is 13.8 Å². The number of ether oxygens (including phenoxy) is 1. The molecule has 1 fully saturated rings. The zero-order valence-electron chi connectivity index (χ0n) is 6.61. The summed E-state index contributed by atoms with van der Waals surface area (Å²) >= 11 is 0. The van der Waals surface area contributed by atoms with Crippen molar-refractivity contribution in [2.24, 2.45) is 5.92 Å². The van der Waals surface area contributed by atoms with Crippen LogP contribution in [0, 0.1) is 5.92 Å². The number of hydrogen-bond acceptors (Lipinski definition) is 3. The number of carbonyl (C=O) groups is 2. The van der Waals surface area contributed by atoms with Crippen LogP contribution in [0.25, 0.3) is 0 Å². The summed E-state index contributed by atoms with van der Waals surface area (Å²) in [6, 6.07) is 0. The Morgan fingerprint density at radius 3 is 2.73 bits per heavy atom. The van der Waals surface area contributed by atoms with Crippen LogP contribution in [0.4, 0.5) is 0 Å². The molecule has 0 aromatic carbocycles. The van der Waals surface area contributed by atoms with E-state index in [9.17, 15) is 9.59 Å². The van der Waals surface area contributed by atoms with Gasteiger partial charge in [0.25, 0.3) is 0 Å². The smallest absolute Gasteiger partial charge is 0.327 e. The molecule has 1 aliphatic heterocycles. The lowest BCUT2D eigenvalue weighted by molar-refractivity contribution is -0.144. The minimum Gasteiger partial charge on any atom is -0.440 e. The fraction of sp³-hybridized carbons (Fsp3) is 0.714. The van der Waals surface area contributed by atoms with Crippen molar-refractivity contribution in [1.29, 1.82) is 0 Å². The van der Waals surface area contributed by atoms with Gasteiger partial charge in [0.1, 0.15) is 6.54 Å². The summed E-state index contributed by atoms with van der Waals surface area (Å²) in [5.41, 5.74) is 0. The summed E-state index contributed by atoms with van der Waals surface area (Å²) in [6.07, 6.45) is 0.287. The fourth-order valence-corrected chi connectivity index (χ4v) is 1.09. The van der Waals surface area contributed by atoms with Crippen LogP contribution in [0.5, 0.6) is 0 Å². The molecule has 1 rings (SSSR count). The SMILES string of the molecule is CC(C)C1OC(=O)CN1C=O. The van der Waals surface area contributed by atoms with Gasteiger partial charge in [0, 0.05) is 5.92 Å². The maximum absolute atomic E-state index is 10.7. The molecule has 11 heavy (non-hydrogen) atoms. The standard InChI is InChI=1S/C7H11NO3/c1-5(2)7-8(4-9)3-6(10)11-7/h4-5,7H,3H2,1-2H3. The molecule has 1 unspecified atom stereocenters. The maximum atomic E-state index is 10.7.